The van der Waals surface area contributed by atoms with Crippen LogP contribution >= 0.6 is 12.4 Å². The SMILES string of the molecule is CC(C)(C)OC(=O)N1CCCCC12CNC2.Cl. The second-order valence-electron chi connectivity index (χ2n) is 5.92. The van der Waals surface area contributed by atoms with Crippen molar-refractivity contribution in [3.05, 3.63) is 0 Å². The van der Waals surface area contributed by atoms with Gasteiger partial charge in [0.05, 0.1) is 5.54 Å². The van der Waals surface area contributed by atoms with E-state index in [9.17, 15) is 4.79 Å². The number of rotatable bonds is 0. The second-order valence-corrected chi connectivity index (χ2v) is 5.92. The van der Waals surface area contributed by atoms with Gasteiger partial charge in [0.25, 0.3) is 0 Å². The zero-order valence-corrected chi connectivity index (χ0v) is 11.7. The van der Waals surface area contributed by atoms with Gasteiger partial charge in [-0.25, -0.2) is 4.79 Å². The number of hydrogen-bond donors (Lipinski definition) is 1. The van der Waals surface area contributed by atoms with E-state index in [1.807, 2.05) is 25.7 Å². The van der Waals surface area contributed by atoms with Crippen LogP contribution in [0.2, 0.25) is 0 Å². The first-order valence-electron chi connectivity index (χ1n) is 6.14. The molecule has 0 saturated carbocycles. The van der Waals surface area contributed by atoms with Crippen LogP contribution in [0.25, 0.3) is 0 Å². The van der Waals surface area contributed by atoms with E-state index in [0.717, 1.165) is 32.5 Å². The summed E-state index contributed by atoms with van der Waals surface area (Å²) in [6, 6.07) is 0. The number of carbonyl (C=O) groups excluding carboxylic acids is 1. The van der Waals surface area contributed by atoms with Gasteiger partial charge in [0.2, 0.25) is 0 Å². The molecule has 1 N–H and O–H groups in total. The van der Waals surface area contributed by atoms with Crippen molar-refractivity contribution in [2.24, 2.45) is 0 Å². The number of nitrogens with one attached hydrogen (secondary N) is 1. The van der Waals surface area contributed by atoms with Gasteiger partial charge in [0.1, 0.15) is 5.60 Å². The molecule has 1 amide bonds. The maximum Gasteiger partial charge on any atom is 0.410 e. The number of ether oxygens (including phenoxy) is 1. The van der Waals surface area contributed by atoms with E-state index in [1.54, 1.807) is 0 Å². The highest BCUT2D eigenvalue weighted by atomic mass is 35.5. The van der Waals surface area contributed by atoms with E-state index < -0.39 is 5.60 Å². The lowest BCUT2D eigenvalue weighted by molar-refractivity contribution is -0.0325. The molecule has 2 fully saturated rings. The van der Waals surface area contributed by atoms with Crippen molar-refractivity contribution in [1.29, 1.82) is 0 Å². The van der Waals surface area contributed by atoms with Gasteiger partial charge in [-0.3, -0.25) is 4.90 Å². The zero-order valence-electron chi connectivity index (χ0n) is 10.9. The Balaban J connectivity index is 0.00000144. The van der Waals surface area contributed by atoms with Crippen molar-refractivity contribution >= 4 is 18.5 Å². The van der Waals surface area contributed by atoms with E-state index in [2.05, 4.69) is 5.32 Å². The minimum atomic E-state index is -0.396. The van der Waals surface area contributed by atoms with Crippen LogP contribution in [0.1, 0.15) is 40.0 Å². The summed E-state index contributed by atoms with van der Waals surface area (Å²) in [4.78, 5) is 14.0. The van der Waals surface area contributed by atoms with Crippen LogP contribution in [0.15, 0.2) is 0 Å². The largest absolute Gasteiger partial charge is 0.444 e. The number of nitrogens with zero attached hydrogens (tertiary/aromatic N) is 1. The second kappa shape index (κ2) is 5.02. The Bertz CT molecular complexity index is 285. The lowest BCUT2D eigenvalue weighted by Gasteiger charge is -2.53. The molecule has 0 aromatic rings. The molecule has 2 rings (SSSR count). The molecule has 5 heteroatoms. The summed E-state index contributed by atoms with van der Waals surface area (Å²) in [5.41, 5.74) is -0.340. The van der Waals surface area contributed by atoms with Crippen LogP contribution in [0.5, 0.6) is 0 Å². The normalized spacial score (nSPS) is 22.6. The van der Waals surface area contributed by atoms with E-state index in [1.165, 1.54) is 6.42 Å². The minimum Gasteiger partial charge on any atom is -0.444 e. The smallest absolute Gasteiger partial charge is 0.410 e. The highest BCUT2D eigenvalue weighted by Gasteiger charge is 2.47. The average Bonchev–Trinajstić information content (AvgIpc) is 2.12. The lowest BCUT2D eigenvalue weighted by atomic mass is 9.82. The lowest BCUT2D eigenvalue weighted by Crippen LogP contribution is -2.71. The van der Waals surface area contributed by atoms with Gasteiger partial charge in [-0.15, -0.1) is 12.4 Å². The van der Waals surface area contributed by atoms with E-state index >= 15 is 0 Å². The quantitative estimate of drug-likeness (QED) is 0.728. The van der Waals surface area contributed by atoms with Crippen molar-refractivity contribution in [3.63, 3.8) is 0 Å². The molecule has 0 bridgehead atoms. The number of likely N-dealkylation sites (tertiary alicyclic amines) is 1. The molecular formula is C12H23ClN2O2. The third kappa shape index (κ3) is 3.05. The zero-order chi connectivity index (χ0) is 11.8. The summed E-state index contributed by atoms with van der Waals surface area (Å²) >= 11 is 0. The Hall–Kier alpha value is -0.480. The maximum atomic E-state index is 12.1. The average molecular weight is 263 g/mol. The fourth-order valence-corrected chi connectivity index (χ4v) is 2.48. The van der Waals surface area contributed by atoms with Crippen molar-refractivity contribution in [3.8, 4) is 0 Å². The van der Waals surface area contributed by atoms with Crippen LogP contribution < -0.4 is 5.32 Å². The van der Waals surface area contributed by atoms with Crippen LogP contribution in [-0.2, 0) is 4.74 Å². The monoisotopic (exact) mass is 262 g/mol. The highest BCUT2D eigenvalue weighted by molar-refractivity contribution is 5.85. The number of amides is 1. The minimum absolute atomic E-state index is 0. The fourth-order valence-electron chi connectivity index (χ4n) is 2.48. The molecule has 1 spiro atoms. The van der Waals surface area contributed by atoms with Gasteiger partial charge < -0.3 is 10.1 Å². The number of halogens is 1. The van der Waals surface area contributed by atoms with Crippen molar-refractivity contribution in [2.45, 2.75) is 51.2 Å². The predicted molar refractivity (Wildman–Crippen MR) is 69.6 cm³/mol. The third-order valence-corrected chi connectivity index (χ3v) is 3.37. The van der Waals surface area contributed by atoms with E-state index in [4.69, 9.17) is 4.74 Å². The number of carbonyl (C=O) groups is 1. The first kappa shape index (κ1) is 14.6. The molecule has 0 aromatic heterocycles. The summed E-state index contributed by atoms with van der Waals surface area (Å²) < 4.78 is 5.47. The molecule has 0 radical (unpaired) electrons. The summed E-state index contributed by atoms with van der Waals surface area (Å²) in [6.07, 6.45) is 3.29. The molecular weight excluding hydrogens is 240 g/mol. The third-order valence-electron chi connectivity index (χ3n) is 3.37. The van der Waals surface area contributed by atoms with E-state index in [-0.39, 0.29) is 24.0 Å². The summed E-state index contributed by atoms with van der Waals surface area (Å²) in [6.45, 7) is 8.44. The molecule has 17 heavy (non-hydrogen) atoms. The first-order chi connectivity index (χ1) is 7.43. The van der Waals surface area contributed by atoms with E-state index in [0.29, 0.717) is 0 Å². The molecule has 0 aromatic carbocycles. The Morgan fingerprint density at radius 3 is 2.41 bits per heavy atom. The van der Waals surface area contributed by atoms with Gasteiger partial charge >= 0.3 is 6.09 Å². The maximum absolute atomic E-state index is 12.1. The Labute approximate surface area is 109 Å². The van der Waals surface area contributed by atoms with Gasteiger partial charge in [0, 0.05) is 19.6 Å². The molecule has 100 valence electrons. The molecule has 2 aliphatic rings. The summed E-state index contributed by atoms with van der Waals surface area (Å²) in [5, 5.41) is 3.27. The van der Waals surface area contributed by atoms with Gasteiger partial charge in [-0.2, -0.15) is 0 Å². The molecule has 2 saturated heterocycles. The number of piperidine rings is 1. The van der Waals surface area contributed by atoms with Crippen LogP contribution in [0.4, 0.5) is 4.79 Å². The predicted octanol–water partition coefficient (Wildman–Crippen LogP) is 2.17. The topological polar surface area (TPSA) is 41.6 Å². The summed E-state index contributed by atoms with van der Waals surface area (Å²) in [5.74, 6) is 0. The van der Waals surface area contributed by atoms with Crippen LogP contribution in [0.3, 0.4) is 0 Å². The van der Waals surface area contributed by atoms with Gasteiger partial charge in [-0.1, -0.05) is 0 Å². The molecule has 0 unspecified atom stereocenters. The Kier molecular flexibility index (Phi) is 4.31. The van der Waals surface area contributed by atoms with Gasteiger partial charge in [0.15, 0.2) is 0 Å². The Morgan fingerprint density at radius 2 is 1.94 bits per heavy atom. The Morgan fingerprint density at radius 1 is 1.29 bits per heavy atom. The van der Waals surface area contributed by atoms with Crippen molar-refractivity contribution in [1.82, 2.24) is 10.2 Å². The first-order valence-corrected chi connectivity index (χ1v) is 6.14. The molecule has 4 nitrogen and oxygen atoms in total. The molecule has 0 aliphatic carbocycles. The number of hydrogen-bond acceptors (Lipinski definition) is 3. The van der Waals surface area contributed by atoms with Crippen LogP contribution in [-0.4, -0.2) is 41.8 Å². The standard InChI is InChI=1S/C12H22N2O2.ClH/c1-11(2,3)16-10(15)14-7-5-4-6-12(14)8-13-9-12;/h13H,4-9H2,1-3H3;1H. The van der Waals surface area contributed by atoms with Crippen molar-refractivity contribution in [2.75, 3.05) is 19.6 Å². The molecule has 0 atom stereocenters. The summed E-state index contributed by atoms with van der Waals surface area (Å²) in [7, 11) is 0. The van der Waals surface area contributed by atoms with Gasteiger partial charge in [-0.05, 0) is 40.0 Å². The van der Waals surface area contributed by atoms with Crippen LogP contribution in [0, 0.1) is 0 Å². The fraction of sp³-hybridized carbons (Fsp3) is 0.917. The molecule has 2 heterocycles. The van der Waals surface area contributed by atoms with Crippen molar-refractivity contribution < 1.29 is 9.53 Å². The highest BCUT2D eigenvalue weighted by Crippen LogP contribution is 2.32. The molecule has 2 aliphatic heterocycles.